The molecule has 0 aliphatic heterocycles. The van der Waals surface area contributed by atoms with Crippen LogP contribution in [0.1, 0.15) is 33.6 Å². The van der Waals surface area contributed by atoms with Crippen LogP contribution < -0.4 is 0 Å². The van der Waals surface area contributed by atoms with Gasteiger partial charge in [-0.05, 0) is 104 Å². The normalized spacial score (nSPS) is 14.3. The van der Waals surface area contributed by atoms with Crippen molar-refractivity contribution in [3.8, 4) is 0 Å². The lowest BCUT2D eigenvalue weighted by Gasteiger charge is -2.40. The highest BCUT2D eigenvalue weighted by Crippen LogP contribution is 2.27. The lowest BCUT2D eigenvalue weighted by atomic mass is 10.3. The minimum atomic E-state index is -2.53. The van der Waals surface area contributed by atoms with Gasteiger partial charge in [-0.2, -0.15) is 0 Å². The van der Waals surface area contributed by atoms with Gasteiger partial charge in [-0.1, -0.05) is 33.3 Å². The van der Waals surface area contributed by atoms with Gasteiger partial charge in [0.25, 0.3) is 0 Å². The standard InChI is InChI=1S/C17H38O6Si3.C10H28O2Si3/c1-10-11-26(22-24(4,5)6,23-25(7,8)9)14-20-12-16(18)13-21-17(19)15(2)3;1-9-10-15(8,11-13(2,3)4)12-14(5,6)7/h16,18H,2,10-14H2,1,3-9H3;9-10H2,1-8H3. The molecule has 0 amide bonds. The van der Waals surface area contributed by atoms with E-state index in [2.05, 4.69) is 106 Å². The molecule has 0 fully saturated rings. The van der Waals surface area contributed by atoms with E-state index in [-0.39, 0.29) is 13.2 Å². The van der Waals surface area contributed by atoms with Crippen molar-refractivity contribution >= 4 is 56.4 Å². The highest BCUT2D eigenvalue weighted by atomic mass is 28.5. The minimum absolute atomic E-state index is 0.0754. The van der Waals surface area contributed by atoms with Crippen molar-refractivity contribution < 1.29 is 35.8 Å². The molecule has 0 spiro atoms. The Balaban J connectivity index is 0. The summed E-state index contributed by atoms with van der Waals surface area (Å²) < 4.78 is 36.5. The quantitative estimate of drug-likeness (QED) is 0.0838. The molecule has 0 aromatic carbocycles. The molecule has 246 valence electrons. The van der Waals surface area contributed by atoms with Gasteiger partial charge in [-0.3, -0.25) is 0 Å². The van der Waals surface area contributed by atoms with Crippen molar-refractivity contribution in [3.05, 3.63) is 12.2 Å². The predicted molar refractivity (Wildman–Crippen MR) is 188 cm³/mol. The van der Waals surface area contributed by atoms with E-state index in [0.717, 1.165) is 24.9 Å². The molecule has 41 heavy (non-hydrogen) atoms. The van der Waals surface area contributed by atoms with Gasteiger partial charge in [0.15, 0.2) is 33.3 Å². The van der Waals surface area contributed by atoms with Crippen LogP contribution in [0, 0.1) is 0 Å². The van der Waals surface area contributed by atoms with E-state index in [4.69, 9.17) is 25.9 Å². The van der Waals surface area contributed by atoms with Crippen LogP contribution in [0.4, 0.5) is 0 Å². The minimum Gasteiger partial charge on any atom is -0.460 e. The highest BCUT2D eigenvalue weighted by Gasteiger charge is 2.44. The topological polar surface area (TPSA) is 92.7 Å². The summed E-state index contributed by atoms with van der Waals surface area (Å²) in [4.78, 5) is 11.4. The summed E-state index contributed by atoms with van der Waals surface area (Å²) in [6.07, 6.45) is 1.62. The molecule has 0 aliphatic carbocycles. The van der Waals surface area contributed by atoms with Crippen LogP contribution in [0.2, 0.25) is 97.2 Å². The van der Waals surface area contributed by atoms with Gasteiger partial charge < -0.3 is 31.0 Å². The van der Waals surface area contributed by atoms with Gasteiger partial charge >= 0.3 is 23.1 Å². The second kappa shape index (κ2) is 18.3. The molecule has 0 saturated carbocycles. The predicted octanol–water partition coefficient (Wildman–Crippen LogP) is 7.75. The smallest absolute Gasteiger partial charge is 0.344 e. The van der Waals surface area contributed by atoms with Crippen molar-refractivity contribution in [3.63, 3.8) is 0 Å². The monoisotopic (exact) mass is 686 g/mol. The van der Waals surface area contributed by atoms with Crippen molar-refractivity contribution in [1.82, 2.24) is 0 Å². The van der Waals surface area contributed by atoms with Gasteiger partial charge in [0, 0.05) is 5.57 Å². The molecular weight excluding hydrogens is 621 g/mol. The molecule has 14 heteroatoms. The van der Waals surface area contributed by atoms with Crippen LogP contribution in [-0.2, 0) is 30.7 Å². The summed E-state index contributed by atoms with van der Waals surface area (Å²) >= 11 is 0. The lowest BCUT2D eigenvalue weighted by Crippen LogP contribution is -2.58. The Bertz CT molecular complexity index is 738. The zero-order valence-electron chi connectivity index (χ0n) is 29.5. The first-order valence-electron chi connectivity index (χ1n) is 15.1. The molecule has 8 nitrogen and oxygen atoms in total. The second-order valence-corrected chi connectivity index (χ2v) is 40.5. The zero-order valence-corrected chi connectivity index (χ0v) is 35.5. The van der Waals surface area contributed by atoms with Crippen molar-refractivity contribution in [1.29, 1.82) is 0 Å². The summed E-state index contributed by atoms with van der Waals surface area (Å²) in [6.45, 7) is 38.1. The van der Waals surface area contributed by atoms with Crippen molar-refractivity contribution in [2.75, 3.05) is 19.4 Å². The molecular formula is C27H66O8Si6. The van der Waals surface area contributed by atoms with Crippen LogP contribution >= 0.6 is 0 Å². The van der Waals surface area contributed by atoms with Crippen LogP contribution in [0.25, 0.3) is 0 Å². The summed E-state index contributed by atoms with van der Waals surface area (Å²) in [5, 5.41) is 9.99. The van der Waals surface area contributed by atoms with E-state index >= 15 is 0 Å². The Morgan fingerprint density at radius 1 is 0.683 bits per heavy atom. The molecule has 1 unspecified atom stereocenters. The Labute approximate surface area is 259 Å². The van der Waals surface area contributed by atoms with Crippen LogP contribution in [0.5, 0.6) is 0 Å². The fourth-order valence-electron chi connectivity index (χ4n) is 4.32. The maximum absolute atomic E-state index is 11.4. The van der Waals surface area contributed by atoms with Gasteiger partial charge in [-0.15, -0.1) is 0 Å². The maximum atomic E-state index is 11.4. The third-order valence-corrected chi connectivity index (χ3v) is 24.3. The fourth-order valence-corrected chi connectivity index (χ4v) is 29.0. The summed E-state index contributed by atoms with van der Waals surface area (Å²) in [6, 6.07) is 1.99. The van der Waals surface area contributed by atoms with E-state index in [1.165, 1.54) is 0 Å². The zero-order chi connectivity index (χ0) is 32.9. The average Bonchev–Trinajstić information content (AvgIpc) is 2.66. The Kier molecular flexibility index (Phi) is 19.4. The number of hydrogen-bond acceptors (Lipinski definition) is 8. The fraction of sp³-hybridized carbons (Fsp3) is 0.889. The molecule has 0 aromatic rings. The van der Waals surface area contributed by atoms with Gasteiger partial charge in [0.1, 0.15) is 12.7 Å². The SMILES string of the molecule is C=C(C)C(=O)OCC(O)COC[Si](CCC)(O[Si](C)(C)C)O[Si](C)(C)C.CCC[Si](C)(O[Si](C)(C)C)O[Si](C)(C)C. The summed E-state index contributed by atoms with van der Waals surface area (Å²) in [5.74, 6) is -0.511. The second-order valence-electron chi connectivity index (χ2n) is 14.9. The molecule has 1 atom stereocenters. The first-order chi connectivity index (χ1) is 18.2. The van der Waals surface area contributed by atoms with Crippen molar-refractivity contribution in [2.45, 2.75) is 137 Å². The van der Waals surface area contributed by atoms with E-state index in [1.54, 1.807) is 6.92 Å². The van der Waals surface area contributed by atoms with Crippen LogP contribution in [0.3, 0.4) is 0 Å². The lowest BCUT2D eigenvalue weighted by molar-refractivity contribution is -0.142. The molecule has 0 saturated heterocycles. The number of esters is 1. The third-order valence-electron chi connectivity index (χ3n) is 4.75. The largest absolute Gasteiger partial charge is 0.460 e. The number of carbonyl (C=O) groups excluding carboxylic acids is 1. The van der Waals surface area contributed by atoms with E-state index < -0.39 is 62.5 Å². The molecule has 0 bridgehead atoms. The molecule has 0 heterocycles. The van der Waals surface area contributed by atoms with Gasteiger partial charge in [-0.25, -0.2) is 4.79 Å². The maximum Gasteiger partial charge on any atom is 0.344 e. The van der Waals surface area contributed by atoms with Crippen molar-refractivity contribution in [2.24, 2.45) is 0 Å². The number of hydrogen-bond donors (Lipinski definition) is 1. The number of aliphatic hydroxyl groups excluding tert-OH is 1. The Morgan fingerprint density at radius 3 is 1.39 bits per heavy atom. The Morgan fingerprint density at radius 2 is 1.07 bits per heavy atom. The van der Waals surface area contributed by atoms with Gasteiger partial charge in [0.05, 0.1) is 12.8 Å². The van der Waals surface area contributed by atoms with E-state index in [9.17, 15) is 9.90 Å². The van der Waals surface area contributed by atoms with E-state index in [0.29, 0.717) is 11.8 Å². The number of aliphatic hydroxyl groups is 1. The number of carbonyl (C=O) groups is 1. The molecule has 0 rings (SSSR count). The van der Waals surface area contributed by atoms with Gasteiger partial charge in [0.2, 0.25) is 0 Å². The summed E-state index contributed by atoms with van der Waals surface area (Å²) in [5.41, 5.74) is 0.305. The third kappa shape index (κ3) is 25.3. The van der Waals surface area contributed by atoms with Crippen LogP contribution in [0.15, 0.2) is 12.2 Å². The molecule has 0 radical (unpaired) electrons. The van der Waals surface area contributed by atoms with E-state index in [1.807, 2.05) is 0 Å². The molecule has 0 aliphatic rings. The number of rotatable bonds is 19. The number of ether oxygens (including phenoxy) is 2. The first kappa shape index (κ1) is 43.4. The highest BCUT2D eigenvalue weighted by molar-refractivity contribution is 6.88. The summed E-state index contributed by atoms with van der Waals surface area (Å²) in [7, 11) is -11.0. The average molecular weight is 687 g/mol. The molecule has 1 N–H and O–H groups in total. The first-order valence-corrected chi connectivity index (χ1v) is 33.4. The molecule has 0 aromatic heterocycles. The van der Waals surface area contributed by atoms with Crippen LogP contribution in [-0.4, -0.2) is 87.0 Å². The Hall–Kier alpha value is 0.271.